The van der Waals surface area contributed by atoms with Crippen molar-refractivity contribution >= 4 is 9.84 Å². The van der Waals surface area contributed by atoms with E-state index in [1.807, 2.05) is 0 Å². The zero-order valence-corrected chi connectivity index (χ0v) is 8.29. The molecule has 0 saturated carbocycles. The van der Waals surface area contributed by atoms with Crippen LogP contribution in [0.5, 0.6) is 0 Å². The number of aromatic nitrogens is 2. The molecule has 0 amide bonds. The summed E-state index contributed by atoms with van der Waals surface area (Å²) in [5, 5.41) is 3.97. The maximum absolute atomic E-state index is 11.3. The van der Waals surface area contributed by atoms with Gasteiger partial charge in [-0.05, 0) is 6.07 Å². The molecule has 0 aliphatic rings. The average molecular weight is 203 g/mol. The van der Waals surface area contributed by atoms with Crippen LogP contribution in [-0.2, 0) is 22.6 Å². The molecule has 0 fully saturated rings. The minimum Gasteiger partial charge on any atom is -0.329 e. The number of sulfone groups is 1. The van der Waals surface area contributed by atoms with E-state index in [1.54, 1.807) is 24.0 Å². The molecule has 2 N–H and O–H groups in total. The molecule has 0 spiro atoms. The zero-order valence-electron chi connectivity index (χ0n) is 7.47. The Balaban J connectivity index is 2.69. The van der Waals surface area contributed by atoms with Crippen molar-refractivity contribution in [2.24, 2.45) is 12.8 Å². The molecular formula is C7H13N3O2S. The highest BCUT2D eigenvalue weighted by molar-refractivity contribution is 7.90. The summed E-state index contributed by atoms with van der Waals surface area (Å²) in [6.07, 6.45) is 1.72. The standard InChI is InChI=1S/C7H13N3O2S/c1-10-4-2-7(9-10)6-13(11,12)5-3-8/h2,4H,3,5-6,8H2,1H3. The molecule has 0 bridgehead atoms. The highest BCUT2D eigenvalue weighted by Crippen LogP contribution is 2.02. The number of aryl methyl sites for hydroxylation is 1. The highest BCUT2D eigenvalue weighted by Gasteiger charge is 2.12. The van der Waals surface area contributed by atoms with Crippen molar-refractivity contribution < 1.29 is 8.42 Å². The Morgan fingerprint density at radius 1 is 1.62 bits per heavy atom. The largest absolute Gasteiger partial charge is 0.329 e. The molecule has 6 heteroatoms. The van der Waals surface area contributed by atoms with Crippen LogP contribution < -0.4 is 5.73 Å². The Morgan fingerprint density at radius 2 is 2.31 bits per heavy atom. The second kappa shape index (κ2) is 3.89. The number of rotatable bonds is 4. The van der Waals surface area contributed by atoms with E-state index in [0.717, 1.165) is 0 Å². The molecule has 1 aromatic heterocycles. The molecule has 1 rings (SSSR count). The Hall–Kier alpha value is -0.880. The predicted octanol–water partition coefficient (Wildman–Crippen LogP) is -0.706. The van der Waals surface area contributed by atoms with Crippen LogP contribution in [0.4, 0.5) is 0 Å². The fourth-order valence-corrected chi connectivity index (χ4v) is 2.13. The molecule has 0 radical (unpaired) electrons. The number of nitrogens with two attached hydrogens (primary N) is 1. The van der Waals surface area contributed by atoms with Gasteiger partial charge in [0, 0.05) is 19.8 Å². The van der Waals surface area contributed by atoms with Gasteiger partial charge in [0.1, 0.15) is 0 Å². The fraction of sp³-hybridized carbons (Fsp3) is 0.571. The second-order valence-electron chi connectivity index (χ2n) is 2.86. The van der Waals surface area contributed by atoms with Crippen LogP contribution >= 0.6 is 0 Å². The fourth-order valence-electron chi connectivity index (χ4n) is 1.02. The smallest absolute Gasteiger partial charge is 0.157 e. The summed E-state index contributed by atoms with van der Waals surface area (Å²) in [5.74, 6) is -0.00534. The van der Waals surface area contributed by atoms with Crippen molar-refractivity contribution in [2.45, 2.75) is 5.75 Å². The summed E-state index contributed by atoms with van der Waals surface area (Å²) in [4.78, 5) is 0. The number of hydrogen-bond acceptors (Lipinski definition) is 4. The third-order valence-electron chi connectivity index (χ3n) is 1.57. The Labute approximate surface area is 77.5 Å². The summed E-state index contributed by atoms with van der Waals surface area (Å²) in [5.41, 5.74) is 5.73. The molecular weight excluding hydrogens is 190 g/mol. The van der Waals surface area contributed by atoms with Gasteiger partial charge in [-0.3, -0.25) is 4.68 Å². The van der Waals surface area contributed by atoms with E-state index in [2.05, 4.69) is 5.10 Å². The normalized spacial score (nSPS) is 11.8. The first-order chi connectivity index (χ1) is 6.03. The van der Waals surface area contributed by atoms with Gasteiger partial charge in [-0.2, -0.15) is 5.10 Å². The molecule has 0 aromatic carbocycles. The Morgan fingerprint density at radius 3 is 2.77 bits per heavy atom. The van der Waals surface area contributed by atoms with Crippen LogP contribution in [0.3, 0.4) is 0 Å². The highest BCUT2D eigenvalue weighted by atomic mass is 32.2. The van der Waals surface area contributed by atoms with E-state index < -0.39 is 9.84 Å². The van der Waals surface area contributed by atoms with Crippen LogP contribution in [-0.4, -0.2) is 30.5 Å². The third kappa shape index (κ3) is 3.16. The van der Waals surface area contributed by atoms with Gasteiger partial charge in [0.2, 0.25) is 0 Å². The lowest BCUT2D eigenvalue weighted by Crippen LogP contribution is -2.17. The Kier molecular flexibility index (Phi) is 3.05. The van der Waals surface area contributed by atoms with Gasteiger partial charge in [-0.1, -0.05) is 0 Å². The van der Waals surface area contributed by atoms with Gasteiger partial charge in [0.25, 0.3) is 0 Å². The van der Waals surface area contributed by atoms with Gasteiger partial charge in [0.05, 0.1) is 17.2 Å². The van der Waals surface area contributed by atoms with E-state index in [1.165, 1.54) is 0 Å². The summed E-state index contributed by atoms with van der Waals surface area (Å²) >= 11 is 0. The molecule has 13 heavy (non-hydrogen) atoms. The average Bonchev–Trinajstić information content (AvgIpc) is 2.34. The molecule has 1 aromatic rings. The van der Waals surface area contributed by atoms with Crippen molar-refractivity contribution in [3.05, 3.63) is 18.0 Å². The summed E-state index contributed by atoms with van der Waals surface area (Å²) in [6.45, 7) is 0.162. The molecule has 0 atom stereocenters. The van der Waals surface area contributed by atoms with Crippen LogP contribution in [0, 0.1) is 0 Å². The maximum Gasteiger partial charge on any atom is 0.157 e. The number of nitrogens with zero attached hydrogens (tertiary/aromatic N) is 2. The lowest BCUT2D eigenvalue weighted by molar-refractivity contribution is 0.593. The topological polar surface area (TPSA) is 78.0 Å². The second-order valence-corrected chi connectivity index (χ2v) is 5.05. The first kappa shape index (κ1) is 10.2. The van der Waals surface area contributed by atoms with Crippen LogP contribution in [0.2, 0.25) is 0 Å². The van der Waals surface area contributed by atoms with Crippen LogP contribution in [0.25, 0.3) is 0 Å². The molecule has 0 aliphatic heterocycles. The van der Waals surface area contributed by atoms with Gasteiger partial charge in [0.15, 0.2) is 9.84 Å². The van der Waals surface area contributed by atoms with Crippen molar-refractivity contribution in [1.29, 1.82) is 0 Å². The minimum atomic E-state index is -3.07. The summed E-state index contributed by atoms with van der Waals surface area (Å²) < 4.78 is 24.1. The van der Waals surface area contributed by atoms with Crippen LogP contribution in [0.15, 0.2) is 12.3 Å². The first-order valence-corrected chi connectivity index (χ1v) is 5.74. The van der Waals surface area contributed by atoms with E-state index in [9.17, 15) is 8.42 Å². The summed E-state index contributed by atoms with van der Waals surface area (Å²) in [7, 11) is -1.32. The van der Waals surface area contributed by atoms with Gasteiger partial charge in [-0.15, -0.1) is 0 Å². The lowest BCUT2D eigenvalue weighted by atomic mass is 10.5. The maximum atomic E-state index is 11.3. The lowest BCUT2D eigenvalue weighted by Gasteiger charge is -1.98. The zero-order chi connectivity index (χ0) is 9.90. The molecule has 0 aliphatic carbocycles. The van der Waals surface area contributed by atoms with Crippen molar-refractivity contribution in [1.82, 2.24) is 9.78 Å². The monoisotopic (exact) mass is 203 g/mol. The molecule has 74 valence electrons. The predicted molar refractivity (Wildman–Crippen MR) is 49.8 cm³/mol. The van der Waals surface area contributed by atoms with Crippen molar-refractivity contribution in [3.63, 3.8) is 0 Å². The van der Waals surface area contributed by atoms with Gasteiger partial charge >= 0.3 is 0 Å². The molecule has 1 heterocycles. The quantitative estimate of drug-likeness (QED) is 0.701. The minimum absolute atomic E-state index is 0.0174. The third-order valence-corrected chi connectivity index (χ3v) is 3.16. The van der Waals surface area contributed by atoms with E-state index in [4.69, 9.17) is 5.73 Å². The van der Waals surface area contributed by atoms with E-state index in [0.29, 0.717) is 5.69 Å². The van der Waals surface area contributed by atoms with Gasteiger partial charge < -0.3 is 5.73 Å². The van der Waals surface area contributed by atoms with Gasteiger partial charge in [-0.25, -0.2) is 8.42 Å². The van der Waals surface area contributed by atoms with E-state index in [-0.39, 0.29) is 18.1 Å². The van der Waals surface area contributed by atoms with Crippen molar-refractivity contribution in [2.75, 3.05) is 12.3 Å². The molecule has 5 nitrogen and oxygen atoms in total. The van der Waals surface area contributed by atoms with E-state index >= 15 is 0 Å². The molecule has 0 saturated heterocycles. The van der Waals surface area contributed by atoms with Crippen LogP contribution in [0.1, 0.15) is 5.69 Å². The first-order valence-electron chi connectivity index (χ1n) is 3.92. The Bertz CT molecular complexity index is 369. The van der Waals surface area contributed by atoms with Crippen molar-refractivity contribution in [3.8, 4) is 0 Å². The SMILES string of the molecule is Cn1ccc(CS(=O)(=O)CCN)n1. The molecule has 0 unspecified atom stereocenters. The summed E-state index contributed by atoms with van der Waals surface area (Å²) in [6, 6.07) is 1.69. The number of hydrogen-bond donors (Lipinski definition) is 1.